The van der Waals surface area contributed by atoms with E-state index in [1.807, 2.05) is 0 Å². The number of halogens is 2. The van der Waals surface area contributed by atoms with Crippen molar-refractivity contribution >= 4 is 33.2 Å². The van der Waals surface area contributed by atoms with Crippen molar-refractivity contribution in [3.63, 3.8) is 0 Å². The molecule has 2 N–H and O–H groups in total. The van der Waals surface area contributed by atoms with Gasteiger partial charge in [-0.25, -0.2) is 4.39 Å². The Labute approximate surface area is 114 Å². The molecule has 2 rings (SSSR count). The first-order valence-electron chi connectivity index (χ1n) is 5.06. The summed E-state index contributed by atoms with van der Waals surface area (Å²) in [7, 11) is 0. The van der Waals surface area contributed by atoms with E-state index in [-0.39, 0.29) is 17.1 Å². The number of carbonyl (C=O) groups excluding carboxylic acids is 1. The molecule has 0 fully saturated rings. The number of nitro groups is 1. The van der Waals surface area contributed by atoms with Crippen LogP contribution in [0.3, 0.4) is 0 Å². The Morgan fingerprint density at radius 1 is 1.42 bits per heavy atom. The molecule has 8 heteroatoms. The van der Waals surface area contributed by atoms with E-state index >= 15 is 0 Å². The van der Waals surface area contributed by atoms with Crippen molar-refractivity contribution < 1.29 is 14.1 Å². The quantitative estimate of drug-likeness (QED) is 0.670. The number of amides is 1. The summed E-state index contributed by atoms with van der Waals surface area (Å²) in [6.07, 6.45) is 1.09. The van der Waals surface area contributed by atoms with Gasteiger partial charge < -0.3 is 10.3 Å². The van der Waals surface area contributed by atoms with Gasteiger partial charge in [0, 0.05) is 10.5 Å². The zero-order valence-corrected chi connectivity index (χ0v) is 10.9. The molecule has 0 spiro atoms. The molecule has 0 unspecified atom stereocenters. The van der Waals surface area contributed by atoms with E-state index in [4.69, 9.17) is 0 Å². The van der Waals surface area contributed by atoms with Gasteiger partial charge in [0.1, 0.15) is 11.5 Å². The molecule has 1 amide bonds. The summed E-state index contributed by atoms with van der Waals surface area (Å²) < 4.78 is 14.0. The van der Waals surface area contributed by atoms with Crippen LogP contribution in [-0.4, -0.2) is 15.8 Å². The lowest BCUT2D eigenvalue weighted by atomic mass is 10.3. The second kappa shape index (κ2) is 5.19. The van der Waals surface area contributed by atoms with Crippen molar-refractivity contribution in [1.82, 2.24) is 4.98 Å². The predicted molar refractivity (Wildman–Crippen MR) is 69.5 cm³/mol. The molecule has 2 aromatic rings. The van der Waals surface area contributed by atoms with Gasteiger partial charge in [0.05, 0.1) is 16.8 Å². The van der Waals surface area contributed by atoms with Crippen LogP contribution in [0.1, 0.15) is 10.5 Å². The Morgan fingerprint density at radius 2 is 2.16 bits per heavy atom. The van der Waals surface area contributed by atoms with Gasteiger partial charge >= 0.3 is 0 Å². The molecule has 6 nitrogen and oxygen atoms in total. The Morgan fingerprint density at radius 3 is 2.74 bits per heavy atom. The second-order valence-electron chi connectivity index (χ2n) is 3.61. The van der Waals surface area contributed by atoms with E-state index in [9.17, 15) is 19.3 Å². The third-order valence-electron chi connectivity index (χ3n) is 2.30. The Bertz CT molecular complexity index is 656. The molecule has 98 valence electrons. The number of aromatic amines is 1. The zero-order chi connectivity index (χ0) is 14.0. The van der Waals surface area contributed by atoms with Gasteiger partial charge in [-0.2, -0.15) is 0 Å². The summed E-state index contributed by atoms with van der Waals surface area (Å²) in [5, 5.41) is 12.8. The van der Waals surface area contributed by atoms with Crippen LogP contribution in [0.2, 0.25) is 0 Å². The minimum absolute atomic E-state index is 0.00884. The molecule has 0 saturated heterocycles. The highest BCUT2D eigenvalue weighted by atomic mass is 79.9. The topological polar surface area (TPSA) is 88.0 Å². The number of nitrogens with zero attached hydrogens (tertiary/aromatic N) is 1. The lowest BCUT2D eigenvalue weighted by Crippen LogP contribution is -2.13. The maximum atomic E-state index is 13.5. The van der Waals surface area contributed by atoms with Crippen molar-refractivity contribution in [1.29, 1.82) is 0 Å². The first-order chi connectivity index (χ1) is 8.97. The number of rotatable bonds is 3. The summed E-state index contributed by atoms with van der Waals surface area (Å²) in [5.41, 5.74) is -0.263. The molecule has 0 aliphatic carbocycles. The molecule has 1 aromatic carbocycles. The van der Waals surface area contributed by atoms with E-state index in [0.717, 1.165) is 12.3 Å². The number of aromatic nitrogens is 1. The molecular weight excluding hydrogens is 321 g/mol. The van der Waals surface area contributed by atoms with Gasteiger partial charge in [-0.1, -0.05) is 15.9 Å². The highest BCUT2D eigenvalue weighted by Crippen LogP contribution is 2.20. The van der Waals surface area contributed by atoms with E-state index in [2.05, 4.69) is 26.2 Å². The molecule has 19 heavy (non-hydrogen) atoms. The highest BCUT2D eigenvalue weighted by Gasteiger charge is 2.15. The summed E-state index contributed by atoms with van der Waals surface area (Å²) >= 11 is 3.09. The third kappa shape index (κ3) is 2.97. The fourth-order valence-electron chi connectivity index (χ4n) is 1.40. The fourth-order valence-corrected chi connectivity index (χ4v) is 1.73. The lowest BCUT2D eigenvalue weighted by molar-refractivity contribution is -0.384. The molecule has 0 aliphatic rings. The van der Waals surface area contributed by atoms with Gasteiger partial charge in [0.25, 0.3) is 11.6 Å². The number of anilines is 1. The van der Waals surface area contributed by atoms with Crippen molar-refractivity contribution in [2.75, 3.05) is 5.32 Å². The van der Waals surface area contributed by atoms with Crippen molar-refractivity contribution in [2.45, 2.75) is 0 Å². The lowest BCUT2D eigenvalue weighted by Gasteiger charge is -2.05. The van der Waals surface area contributed by atoms with Crippen LogP contribution in [-0.2, 0) is 0 Å². The maximum absolute atomic E-state index is 13.5. The van der Waals surface area contributed by atoms with Crippen LogP contribution in [0.5, 0.6) is 0 Å². The van der Waals surface area contributed by atoms with E-state index in [1.165, 1.54) is 12.1 Å². The van der Waals surface area contributed by atoms with Gasteiger partial charge in [-0.3, -0.25) is 14.9 Å². The first-order valence-corrected chi connectivity index (χ1v) is 5.86. The van der Waals surface area contributed by atoms with Crippen molar-refractivity contribution in [3.05, 3.63) is 56.6 Å². The maximum Gasteiger partial charge on any atom is 0.287 e. The number of carbonyl (C=O) groups is 1. The van der Waals surface area contributed by atoms with E-state index in [1.54, 1.807) is 6.07 Å². The monoisotopic (exact) mass is 327 g/mol. The molecule has 0 radical (unpaired) electrons. The molecule has 0 atom stereocenters. The predicted octanol–water partition coefficient (Wildman–Crippen LogP) is 3.08. The van der Waals surface area contributed by atoms with Gasteiger partial charge in [-0.15, -0.1) is 0 Å². The SMILES string of the molecule is O=C(Nc1ccc(Br)cc1F)c1cc([N+](=O)[O-])c[nH]1. The molecule has 1 aromatic heterocycles. The summed E-state index contributed by atoms with van der Waals surface area (Å²) in [4.78, 5) is 24.0. The van der Waals surface area contributed by atoms with Crippen LogP contribution in [0, 0.1) is 15.9 Å². The highest BCUT2D eigenvalue weighted by molar-refractivity contribution is 9.10. The molecular formula is C11H7BrFN3O3. The van der Waals surface area contributed by atoms with E-state index < -0.39 is 16.6 Å². The average molecular weight is 328 g/mol. The summed E-state index contributed by atoms with van der Waals surface area (Å²) in [6.45, 7) is 0. The largest absolute Gasteiger partial charge is 0.351 e. The van der Waals surface area contributed by atoms with Crippen molar-refractivity contribution in [3.8, 4) is 0 Å². The van der Waals surface area contributed by atoms with Crippen LogP contribution in [0.25, 0.3) is 0 Å². The first kappa shape index (κ1) is 13.2. The molecule has 0 aliphatic heterocycles. The number of hydrogen-bond donors (Lipinski definition) is 2. The van der Waals surface area contributed by atoms with Crippen LogP contribution in [0.15, 0.2) is 34.9 Å². The Hall–Kier alpha value is -2.22. The van der Waals surface area contributed by atoms with Gasteiger partial charge in [-0.05, 0) is 18.2 Å². The van der Waals surface area contributed by atoms with Gasteiger partial charge in [0.15, 0.2) is 0 Å². The standard InChI is InChI=1S/C11H7BrFN3O3/c12-6-1-2-9(8(13)3-6)15-11(17)10-4-7(5-14-10)16(18)19/h1-5,14H,(H,15,17). The van der Waals surface area contributed by atoms with Crippen LogP contribution < -0.4 is 5.32 Å². The normalized spacial score (nSPS) is 10.2. The number of hydrogen-bond acceptors (Lipinski definition) is 3. The second-order valence-corrected chi connectivity index (χ2v) is 4.52. The minimum Gasteiger partial charge on any atom is -0.351 e. The number of benzene rings is 1. The number of nitrogens with one attached hydrogen (secondary N) is 2. The summed E-state index contributed by atoms with van der Waals surface area (Å²) in [6, 6.07) is 5.23. The molecule has 0 saturated carbocycles. The van der Waals surface area contributed by atoms with Crippen LogP contribution >= 0.6 is 15.9 Å². The minimum atomic E-state index is -0.658. The molecule has 0 bridgehead atoms. The third-order valence-corrected chi connectivity index (χ3v) is 2.80. The zero-order valence-electron chi connectivity index (χ0n) is 9.31. The van der Waals surface area contributed by atoms with Gasteiger partial charge in [0.2, 0.25) is 0 Å². The fraction of sp³-hybridized carbons (Fsp3) is 0. The summed E-state index contributed by atoms with van der Waals surface area (Å²) in [5.74, 6) is -1.27. The Kier molecular flexibility index (Phi) is 3.61. The number of H-pyrrole nitrogens is 1. The molecule has 1 heterocycles. The van der Waals surface area contributed by atoms with Crippen LogP contribution in [0.4, 0.5) is 15.8 Å². The average Bonchev–Trinajstić information content (AvgIpc) is 2.82. The van der Waals surface area contributed by atoms with E-state index in [0.29, 0.717) is 4.47 Å². The Balaban J connectivity index is 2.18. The van der Waals surface area contributed by atoms with Crippen molar-refractivity contribution in [2.24, 2.45) is 0 Å². The smallest absolute Gasteiger partial charge is 0.287 e.